The molecule has 0 saturated heterocycles. The number of carbonyl (C=O) groups excluding carboxylic acids is 1. The van der Waals surface area contributed by atoms with Crippen molar-refractivity contribution >= 4 is 17.7 Å². The topological polar surface area (TPSA) is 102 Å². The van der Waals surface area contributed by atoms with E-state index in [1.165, 1.54) is 6.92 Å². The molecular formula is C11H14N2O4. The van der Waals surface area contributed by atoms with Gasteiger partial charge < -0.3 is 20.9 Å². The lowest BCUT2D eigenvalue weighted by Gasteiger charge is -2.10. The Kier molecular flexibility index (Phi) is 4.33. The molecule has 4 N–H and O–H groups in total. The number of benzene rings is 1. The molecule has 0 heterocycles. The predicted octanol–water partition coefficient (Wildman–Crippen LogP) is 0.968. The standard InChI is InChI=1S/C11H14N2O4/c1-7(10(14)15)13-11(16)17-6-8-3-2-4-9(12)5-8/h2-5,7H,6,12H2,1H3,(H,13,16)(H,14,15)/t7-/m0/s1. The van der Waals surface area contributed by atoms with Crippen LogP contribution in [0.3, 0.4) is 0 Å². The summed E-state index contributed by atoms with van der Waals surface area (Å²) in [5.41, 5.74) is 6.87. The van der Waals surface area contributed by atoms with E-state index in [1.54, 1.807) is 24.3 Å². The Morgan fingerprint density at radius 3 is 2.82 bits per heavy atom. The molecule has 17 heavy (non-hydrogen) atoms. The van der Waals surface area contributed by atoms with E-state index in [9.17, 15) is 9.59 Å². The number of rotatable bonds is 4. The van der Waals surface area contributed by atoms with Gasteiger partial charge in [0.25, 0.3) is 0 Å². The number of alkyl carbamates (subject to hydrolysis) is 1. The Balaban J connectivity index is 2.41. The average Bonchev–Trinajstić information content (AvgIpc) is 2.26. The monoisotopic (exact) mass is 238 g/mol. The summed E-state index contributed by atoms with van der Waals surface area (Å²) in [5.74, 6) is -1.12. The minimum Gasteiger partial charge on any atom is -0.480 e. The molecule has 0 aliphatic carbocycles. The number of ether oxygens (including phenoxy) is 1. The van der Waals surface area contributed by atoms with E-state index in [1.807, 2.05) is 0 Å². The number of hydrogen-bond acceptors (Lipinski definition) is 4. The van der Waals surface area contributed by atoms with Gasteiger partial charge in [-0.15, -0.1) is 0 Å². The summed E-state index contributed by atoms with van der Waals surface area (Å²) in [7, 11) is 0. The molecule has 1 rings (SSSR count). The van der Waals surface area contributed by atoms with Crippen molar-refractivity contribution in [2.24, 2.45) is 0 Å². The summed E-state index contributed by atoms with van der Waals surface area (Å²) in [6.45, 7) is 1.40. The van der Waals surface area contributed by atoms with Crippen LogP contribution in [-0.4, -0.2) is 23.2 Å². The van der Waals surface area contributed by atoms with Crippen molar-refractivity contribution in [3.8, 4) is 0 Å². The molecule has 0 radical (unpaired) electrons. The smallest absolute Gasteiger partial charge is 0.408 e. The third-order valence-corrected chi connectivity index (χ3v) is 2.03. The Hall–Kier alpha value is -2.24. The zero-order valence-electron chi connectivity index (χ0n) is 9.34. The highest BCUT2D eigenvalue weighted by Crippen LogP contribution is 2.07. The second kappa shape index (κ2) is 5.74. The van der Waals surface area contributed by atoms with Gasteiger partial charge in [-0.1, -0.05) is 12.1 Å². The zero-order chi connectivity index (χ0) is 12.8. The Morgan fingerprint density at radius 2 is 2.24 bits per heavy atom. The summed E-state index contributed by atoms with van der Waals surface area (Å²) in [6.07, 6.45) is -0.776. The van der Waals surface area contributed by atoms with Crippen LogP contribution in [0.15, 0.2) is 24.3 Å². The van der Waals surface area contributed by atoms with Crippen molar-refractivity contribution in [1.29, 1.82) is 0 Å². The van der Waals surface area contributed by atoms with Crippen LogP contribution in [-0.2, 0) is 16.1 Å². The van der Waals surface area contributed by atoms with Crippen LogP contribution in [0, 0.1) is 0 Å². The molecule has 6 nitrogen and oxygen atoms in total. The highest BCUT2D eigenvalue weighted by Gasteiger charge is 2.14. The van der Waals surface area contributed by atoms with Gasteiger partial charge in [0, 0.05) is 5.69 Å². The molecule has 0 fully saturated rings. The van der Waals surface area contributed by atoms with E-state index in [0.717, 1.165) is 5.56 Å². The van der Waals surface area contributed by atoms with E-state index in [-0.39, 0.29) is 6.61 Å². The van der Waals surface area contributed by atoms with Crippen molar-refractivity contribution in [2.45, 2.75) is 19.6 Å². The van der Waals surface area contributed by atoms with Gasteiger partial charge in [-0.25, -0.2) is 4.79 Å². The van der Waals surface area contributed by atoms with Gasteiger partial charge in [0.05, 0.1) is 0 Å². The second-order valence-electron chi connectivity index (χ2n) is 3.53. The van der Waals surface area contributed by atoms with Crippen molar-refractivity contribution in [2.75, 3.05) is 5.73 Å². The first kappa shape index (κ1) is 12.8. The number of carboxylic acids is 1. The Morgan fingerprint density at radius 1 is 1.53 bits per heavy atom. The fourth-order valence-electron chi connectivity index (χ4n) is 1.11. The molecular weight excluding hydrogens is 224 g/mol. The molecule has 0 aromatic heterocycles. The van der Waals surface area contributed by atoms with Crippen LogP contribution in [0.5, 0.6) is 0 Å². The molecule has 0 aliphatic rings. The second-order valence-corrected chi connectivity index (χ2v) is 3.53. The number of hydrogen-bond donors (Lipinski definition) is 3. The number of aliphatic carboxylic acids is 1. The highest BCUT2D eigenvalue weighted by atomic mass is 16.5. The van der Waals surface area contributed by atoms with E-state index in [4.69, 9.17) is 15.6 Å². The van der Waals surface area contributed by atoms with Gasteiger partial charge in [0.1, 0.15) is 12.6 Å². The molecule has 6 heteroatoms. The molecule has 0 bridgehead atoms. The van der Waals surface area contributed by atoms with Crippen LogP contribution in [0.1, 0.15) is 12.5 Å². The molecule has 1 amide bonds. The first-order chi connectivity index (χ1) is 7.99. The maximum atomic E-state index is 11.2. The SMILES string of the molecule is C[C@H](NC(=O)OCc1cccc(N)c1)C(=O)O. The minimum absolute atomic E-state index is 0.0449. The molecule has 0 spiro atoms. The maximum absolute atomic E-state index is 11.2. The summed E-state index contributed by atoms with van der Waals surface area (Å²) in [6, 6.07) is 5.91. The third kappa shape index (κ3) is 4.42. The van der Waals surface area contributed by atoms with Gasteiger partial charge in [-0.05, 0) is 24.6 Å². The van der Waals surface area contributed by atoms with E-state index in [2.05, 4.69) is 5.32 Å². The molecule has 1 atom stereocenters. The fraction of sp³-hybridized carbons (Fsp3) is 0.273. The van der Waals surface area contributed by atoms with E-state index in [0.29, 0.717) is 5.69 Å². The fourth-order valence-corrected chi connectivity index (χ4v) is 1.11. The number of carbonyl (C=O) groups is 2. The number of anilines is 1. The van der Waals surface area contributed by atoms with Gasteiger partial charge in [0.15, 0.2) is 0 Å². The maximum Gasteiger partial charge on any atom is 0.408 e. The summed E-state index contributed by atoms with van der Waals surface area (Å²) >= 11 is 0. The number of nitrogens with one attached hydrogen (secondary N) is 1. The summed E-state index contributed by atoms with van der Waals surface area (Å²) < 4.78 is 4.83. The Labute approximate surface area is 98.4 Å². The number of carboxylic acid groups (broad SMARTS) is 1. The Bertz CT molecular complexity index is 420. The van der Waals surface area contributed by atoms with Gasteiger partial charge >= 0.3 is 12.1 Å². The van der Waals surface area contributed by atoms with Gasteiger partial charge in [-0.2, -0.15) is 0 Å². The third-order valence-electron chi connectivity index (χ3n) is 2.03. The molecule has 92 valence electrons. The lowest BCUT2D eigenvalue weighted by molar-refractivity contribution is -0.138. The zero-order valence-corrected chi connectivity index (χ0v) is 9.34. The van der Waals surface area contributed by atoms with Crippen LogP contribution in [0.4, 0.5) is 10.5 Å². The average molecular weight is 238 g/mol. The quantitative estimate of drug-likeness (QED) is 0.678. The molecule has 1 aromatic carbocycles. The van der Waals surface area contributed by atoms with Crippen molar-refractivity contribution in [1.82, 2.24) is 5.32 Å². The number of amides is 1. The predicted molar refractivity (Wildman–Crippen MR) is 61.3 cm³/mol. The number of nitrogens with two attached hydrogens (primary N) is 1. The molecule has 1 aromatic rings. The first-order valence-corrected chi connectivity index (χ1v) is 4.99. The first-order valence-electron chi connectivity index (χ1n) is 4.99. The van der Waals surface area contributed by atoms with Crippen molar-refractivity contribution in [3.63, 3.8) is 0 Å². The van der Waals surface area contributed by atoms with Crippen LogP contribution < -0.4 is 11.1 Å². The van der Waals surface area contributed by atoms with Gasteiger partial charge in [-0.3, -0.25) is 4.79 Å². The van der Waals surface area contributed by atoms with Crippen molar-refractivity contribution in [3.05, 3.63) is 29.8 Å². The molecule has 0 aliphatic heterocycles. The van der Waals surface area contributed by atoms with Crippen molar-refractivity contribution < 1.29 is 19.4 Å². The van der Waals surface area contributed by atoms with Gasteiger partial charge in [0.2, 0.25) is 0 Å². The molecule has 0 unspecified atom stereocenters. The number of nitrogen functional groups attached to an aromatic ring is 1. The summed E-state index contributed by atoms with van der Waals surface area (Å²) in [4.78, 5) is 21.7. The molecule has 0 saturated carbocycles. The highest BCUT2D eigenvalue weighted by molar-refractivity contribution is 5.79. The largest absolute Gasteiger partial charge is 0.480 e. The van der Waals surface area contributed by atoms with Crippen LogP contribution in [0.25, 0.3) is 0 Å². The summed E-state index contributed by atoms with van der Waals surface area (Å²) in [5, 5.41) is 10.7. The lowest BCUT2D eigenvalue weighted by atomic mass is 10.2. The van der Waals surface area contributed by atoms with Crippen LogP contribution >= 0.6 is 0 Å². The minimum atomic E-state index is -1.12. The van der Waals surface area contributed by atoms with E-state index >= 15 is 0 Å². The normalized spacial score (nSPS) is 11.6. The van der Waals surface area contributed by atoms with E-state index < -0.39 is 18.1 Å². The lowest BCUT2D eigenvalue weighted by Crippen LogP contribution is -2.38. The van der Waals surface area contributed by atoms with Crippen LogP contribution in [0.2, 0.25) is 0 Å².